The third-order valence-electron chi connectivity index (χ3n) is 10.6. The number of aromatic nitrogens is 4. The summed E-state index contributed by atoms with van der Waals surface area (Å²) in [6.45, 7) is 6.65. The van der Waals surface area contributed by atoms with E-state index in [2.05, 4.69) is 22.1 Å². The Morgan fingerprint density at radius 3 is 2.45 bits per heavy atom. The van der Waals surface area contributed by atoms with Gasteiger partial charge in [0.15, 0.2) is 5.82 Å². The van der Waals surface area contributed by atoms with Crippen LogP contribution >= 0.6 is 0 Å². The number of hydrogen-bond acceptors (Lipinski definition) is 6. The van der Waals surface area contributed by atoms with Crippen LogP contribution in [0.3, 0.4) is 0 Å². The van der Waals surface area contributed by atoms with E-state index in [9.17, 15) is 18.4 Å². The maximum Gasteiger partial charge on any atom is 0.256 e. The van der Waals surface area contributed by atoms with Crippen LogP contribution in [0.5, 0.6) is 5.75 Å². The van der Waals surface area contributed by atoms with Crippen LogP contribution in [-0.4, -0.2) is 79.5 Å². The number of ether oxygens (including phenoxy) is 1. The number of pyridine rings is 1. The Bertz CT molecular complexity index is 2120. The molecule has 2 aliphatic heterocycles. The molecule has 5 heterocycles. The molecule has 1 saturated carbocycles. The van der Waals surface area contributed by atoms with E-state index in [1.807, 2.05) is 30.0 Å². The predicted molar refractivity (Wildman–Crippen MR) is 181 cm³/mol. The molecule has 2 unspecified atom stereocenters. The number of nitrogens with zero attached hydrogens (tertiary/aromatic N) is 6. The molecule has 49 heavy (non-hydrogen) atoms. The molecule has 10 nitrogen and oxygen atoms in total. The molecule has 12 heteroatoms. The van der Waals surface area contributed by atoms with E-state index in [-0.39, 0.29) is 35.4 Å². The maximum atomic E-state index is 14.4. The molecule has 2 aromatic carbocycles. The molecule has 2 saturated heterocycles. The number of nitrogens with two attached hydrogens (primary N) is 1. The van der Waals surface area contributed by atoms with Crippen molar-refractivity contribution in [3.8, 4) is 17.3 Å². The highest BCUT2D eigenvalue weighted by Crippen LogP contribution is 2.39. The SMILES string of the molecule is COc1cc(C(=O)N2CC(C)[C@@H](N)C2C)cc2nc(-c3cc4cccnc4n3CC3CC3)n(CC3CN(C(=O)c4cc(F)ccc4F)C3)c12. The molecule has 0 spiro atoms. The van der Waals surface area contributed by atoms with Crippen molar-refractivity contribution in [2.75, 3.05) is 26.7 Å². The van der Waals surface area contributed by atoms with Gasteiger partial charge in [0.2, 0.25) is 0 Å². The van der Waals surface area contributed by atoms with E-state index in [4.69, 9.17) is 20.4 Å². The molecule has 2 N–H and O–H groups in total. The van der Waals surface area contributed by atoms with Crippen molar-refractivity contribution >= 4 is 33.9 Å². The van der Waals surface area contributed by atoms with E-state index in [1.54, 1.807) is 19.4 Å². The molecule has 3 aromatic heterocycles. The molecule has 3 atom stereocenters. The number of methoxy groups -OCH3 is 1. The van der Waals surface area contributed by atoms with Gasteiger partial charge in [-0.25, -0.2) is 18.7 Å². The first-order chi connectivity index (χ1) is 23.6. The fourth-order valence-electron chi connectivity index (χ4n) is 7.55. The smallest absolute Gasteiger partial charge is 0.256 e. The van der Waals surface area contributed by atoms with Gasteiger partial charge in [-0.15, -0.1) is 0 Å². The number of hydrogen-bond donors (Lipinski definition) is 1. The Morgan fingerprint density at radius 2 is 1.73 bits per heavy atom. The second kappa shape index (κ2) is 11.9. The quantitative estimate of drug-likeness (QED) is 0.240. The first-order valence-electron chi connectivity index (χ1n) is 16.9. The summed E-state index contributed by atoms with van der Waals surface area (Å²) >= 11 is 0. The normalized spacial score (nSPS) is 21.1. The molecule has 3 aliphatic rings. The lowest BCUT2D eigenvalue weighted by Gasteiger charge is -2.40. The second-order valence-corrected chi connectivity index (χ2v) is 14.0. The van der Waals surface area contributed by atoms with Gasteiger partial charge in [0.1, 0.15) is 28.5 Å². The van der Waals surface area contributed by atoms with Crippen molar-refractivity contribution in [2.24, 2.45) is 23.5 Å². The van der Waals surface area contributed by atoms with Gasteiger partial charge in [0, 0.05) is 67.9 Å². The number of imidazole rings is 1. The zero-order valence-electron chi connectivity index (χ0n) is 27.8. The molecule has 2 amide bonds. The summed E-state index contributed by atoms with van der Waals surface area (Å²) in [5.41, 5.74) is 9.75. The lowest BCUT2D eigenvalue weighted by Crippen LogP contribution is -2.51. The maximum absolute atomic E-state index is 14.4. The number of amides is 2. The number of fused-ring (bicyclic) bond motifs is 2. The van der Waals surface area contributed by atoms with Crippen molar-refractivity contribution in [2.45, 2.75) is 51.9 Å². The van der Waals surface area contributed by atoms with Crippen LogP contribution in [0.1, 0.15) is 47.4 Å². The van der Waals surface area contributed by atoms with Gasteiger partial charge in [-0.2, -0.15) is 0 Å². The Balaban J connectivity index is 1.20. The summed E-state index contributed by atoms with van der Waals surface area (Å²) in [7, 11) is 1.59. The van der Waals surface area contributed by atoms with E-state index < -0.39 is 17.5 Å². The van der Waals surface area contributed by atoms with Gasteiger partial charge in [-0.05, 0) is 80.1 Å². The molecular weight excluding hydrogens is 628 g/mol. The topological polar surface area (TPSA) is 112 Å². The van der Waals surface area contributed by atoms with Crippen molar-refractivity contribution in [1.29, 1.82) is 0 Å². The van der Waals surface area contributed by atoms with Crippen molar-refractivity contribution in [1.82, 2.24) is 28.9 Å². The third kappa shape index (κ3) is 5.42. The zero-order chi connectivity index (χ0) is 34.1. The number of carbonyl (C=O) groups is 2. The number of halogens is 2. The zero-order valence-corrected chi connectivity index (χ0v) is 27.8. The lowest BCUT2D eigenvalue weighted by molar-refractivity contribution is 0.0466. The Morgan fingerprint density at radius 1 is 0.959 bits per heavy atom. The summed E-state index contributed by atoms with van der Waals surface area (Å²) in [6.07, 6.45) is 4.13. The number of benzene rings is 2. The van der Waals surface area contributed by atoms with E-state index in [1.165, 1.54) is 4.90 Å². The monoisotopic (exact) mass is 667 g/mol. The van der Waals surface area contributed by atoms with Crippen LogP contribution in [0.4, 0.5) is 8.78 Å². The molecular formula is C37H39F2N7O3. The van der Waals surface area contributed by atoms with Crippen LogP contribution in [0, 0.1) is 29.4 Å². The summed E-state index contributed by atoms with van der Waals surface area (Å²) in [5, 5.41) is 1.01. The summed E-state index contributed by atoms with van der Waals surface area (Å²) in [5.74, 6) is -0.0705. The predicted octanol–water partition coefficient (Wildman–Crippen LogP) is 5.33. The highest BCUT2D eigenvalue weighted by Gasteiger charge is 2.38. The standard InChI is InChI=1S/C37H39F2N7O3/c1-20-15-44(21(2)32(20)40)36(47)25-11-29-33(31(13-25)49-3)46(19-23-16-43(17-23)37(48)27-14-26(38)8-9-28(27)39)35(42-29)30-12-24-5-4-10-41-34(24)45(30)18-22-6-7-22/h4-5,8-14,20-23,32H,6-7,15-19,40H2,1-3H3/t20?,21?,32-/m1/s1. The Labute approximate surface area is 282 Å². The molecule has 254 valence electrons. The van der Waals surface area contributed by atoms with Crippen molar-refractivity contribution in [3.05, 3.63) is 77.5 Å². The lowest BCUT2D eigenvalue weighted by atomic mass is 9.98. The Kier molecular flexibility index (Phi) is 7.66. The van der Waals surface area contributed by atoms with E-state index in [0.29, 0.717) is 54.8 Å². The largest absolute Gasteiger partial charge is 0.494 e. The number of likely N-dealkylation sites (tertiary alicyclic amines) is 2. The van der Waals surface area contributed by atoms with Gasteiger partial charge in [-0.3, -0.25) is 9.59 Å². The fraction of sp³-hybridized carbons (Fsp3) is 0.405. The van der Waals surface area contributed by atoms with Gasteiger partial charge in [0.25, 0.3) is 11.8 Å². The van der Waals surface area contributed by atoms with Gasteiger partial charge < -0.3 is 29.4 Å². The second-order valence-electron chi connectivity index (χ2n) is 14.0. The van der Waals surface area contributed by atoms with Crippen molar-refractivity contribution < 1.29 is 23.1 Å². The fourth-order valence-corrected chi connectivity index (χ4v) is 7.55. The van der Waals surface area contributed by atoms with E-state index >= 15 is 0 Å². The summed E-state index contributed by atoms with van der Waals surface area (Å²) in [6, 6.07) is 12.4. The van der Waals surface area contributed by atoms with Gasteiger partial charge >= 0.3 is 0 Å². The summed E-state index contributed by atoms with van der Waals surface area (Å²) in [4.78, 5) is 40.3. The highest BCUT2D eigenvalue weighted by molar-refractivity contribution is 6.00. The van der Waals surface area contributed by atoms with Gasteiger partial charge in [0.05, 0.1) is 23.9 Å². The van der Waals surface area contributed by atoms with Crippen LogP contribution < -0.4 is 10.5 Å². The average molecular weight is 668 g/mol. The summed E-state index contributed by atoms with van der Waals surface area (Å²) < 4.78 is 38.6. The molecule has 0 bridgehead atoms. The first kappa shape index (κ1) is 31.4. The molecule has 1 aliphatic carbocycles. The van der Waals surface area contributed by atoms with Crippen LogP contribution in [0.25, 0.3) is 33.6 Å². The van der Waals surface area contributed by atoms with Gasteiger partial charge in [-0.1, -0.05) is 6.92 Å². The van der Waals surface area contributed by atoms with E-state index in [0.717, 1.165) is 59.8 Å². The number of rotatable bonds is 8. The molecule has 0 radical (unpaired) electrons. The third-order valence-corrected chi connectivity index (χ3v) is 10.6. The molecule has 5 aromatic rings. The minimum Gasteiger partial charge on any atom is -0.494 e. The average Bonchev–Trinajstić information content (AvgIpc) is 3.65. The van der Waals surface area contributed by atoms with Crippen molar-refractivity contribution in [3.63, 3.8) is 0 Å². The molecule has 8 rings (SSSR count). The minimum atomic E-state index is -0.746. The molecule has 3 fully saturated rings. The first-order valence-corrected chi connectivity index (χ1v) is 16.9. The Hall–Kier alpha value is -4.84. The van der Waals surface area contributed by atoms with Crippen LogP contribution in [-0.2, 0) is 13.1 Å². The highest BCUT2D eigenvalue weighted by atomic mass is 19.1. The minimum absolute atomic E-state index is 0.00976. The van der Waals surface area contributed by atoms with Crippen LogP contribution in [0.2, 0.25) is 0 Å². The number of carbonyl (C=O) groups excluding carboxylic acids is 2. The van der Waals surface area contributed by atoms with Crippen LogP contribution in [0.15, 0.2) is 54.7 Å².